The fraction of sp³-hybridized carbons (Fsp3) is 0.364. The van der Waals surface area contributed by atoms with Crippen molar-refractivity contribution in [3.63, 3.8) is 0 Å². The van der Waals surface area contributed by atoms with Crippen LogP contribution in [-0.2, 0) is 21.6 Å². The summed E-state index contributed by atoms with van der Waals surface area (Å²) < 4.78 is 5.26. The number of carbonyl (C=O) groups excluding carboxylic acids is 1. The molecule has 1 aliphatic carbocycles. The molecule has 3 nitrogen and oxygen atoms in total. The number of ether oxygens (including phenoxy) is 1. The van der Waals surface area contributed by atoms with Gasteiger partial charge in [-0.2, -0.15) is 0 Å². The van der Waals surface area contributed by atoms with Crippen molar-refractivity contribution in [2.75, 3.05) is 7.11 Å². The minimum atomic E-state index is -0.789. The Morgan fingerprint density at radius 3 is 3.00 bits per heavy atom. The van der Waals surface area contributed by atoms with E-state index in [1.165, 1.54) is 7.11 Å². The Labute approximate surface area is 82.3 Å². The number of aromatic hydroxyl groups is 1. The molecule has 0 fully saturated rings. The summed E-state index contributed by atoms with van der Waals surface area (Å²) in [6.07, 6.45) is 2.28. The first kappa shape index (κ1) is 9.21. The van der Waals surface area contributed by atoms with Gasteiger partial charge in [0.05, 0.1) is 0 Å². The zero-order valence-corrected chi connectivity index (χ0v) is 7.99. The van der Waals surface area contributed by atoms with Crippen molar-refractivity contribution < 1.29 is 14.6 Å². The van der Waals surface area contributed by atoms with E-state index in [1.54, 1.807) is 18.2 Å². The Morgan fingerprint density at radius 2 is 2.36 bits per heavy atom. The second-order valence-corrected chi connectivity index (χ2v) is 3.55. The quantitative estimate of drug-likeness (QED) is 0.720. The van der Waals surface area contributed by atoms with Gasteiger partial charge in [-0.15, -0.1) is 0 Å². The summed E-state index contributed by atoms with van der Waals surface area (Å²) in [6, 6.07) is 5.04. The van der Waals surface area contributed by atoms with Gasteiger partial charge in [-0.1, -0.05) is 6.07 Å². The van der Waals surface area contributed by atoms with Gasteiger partial charge in [0.25, 0.3) is 0 Å². The van der Waals surface area contributed by atoms with Crippen LogP contribution in [-0.4, -0.2) is 18.5 Å². The number of benzene rings is 1. The van der Waals surface area contributed by atoms with Crippen LogP contribution in [0.15, 0.2) is 18.2 Å². The maximum Gasteiger partial charge on any atom is 0.156 e. The lowest BCUT2D eigenvalue weighted by molar-refractivity contribution is -0.128. The van der Waals surface area contributed by atoms with Crippen LogP contribution in [0.4, 0.5) is 0 Å². The molecule has 0 aliphatic heterocycles. The van der Waals surface area contributed by atoms with Gasteiger partial charge in [-0.3, -0.25) is 4.79 Å². The lowest BCUT2D eigenvalue weighted by atomic mass is 9.97. The number of aryl methyl sites for hydroxylation is 1. The Morgan fingerprint density at radius 1 is 1.57 bits per heavy atom. The van der Waals surface area contributed by atoms with Crippen molar-refractivity contribution in [3.05, 3.63) is 29.3 Å². The molecule has 1 aromatic rings. The maximum absolute atomic E-state index is 11.0. The van der Waals surface area contributed by atoms with Crippen LogP contribution in [0.2, 0.25) is 0 Å². The van der Waals surface area contributed by atoms with Gasteiger partial charge in [0.1, 0.15) is 11.4 Å². The molecule has 1 N–H and O–H groups in total. The normalized spacial score (nSPS) is 24.6. The Hall–Kier alpha value is -1.35. The maximum atomic E-state index is 11.0. The molecular formula is C11H12O3. The van der Waals surface area contributed by atoms with Crippen LogP contribution < -0.4 is 0 Å². The van der Waals surface area contributed by atoms with Crippen molar-refractivity contribution in [3.8, 4) is 5.75 Å². The summed E-state index contributed by atoms with van der Waals surface area (Å²) in [4.78, 5) is 11.0. The Bertz CT molecular complexity index is 373. The number of aldehydes is 1. The van der Waals surface area contributed by atoms with Gasteiger partial charge in [-0.05, 0) is 36.1 Å². The average molecular weight is 192 g/mol. The highest BCUT2D eigenvalue weighted by molar-refractivity contribution is 5.69. The van der Waals surface area contributed by atoms with Gasteiger partial charge in [0.2, 0.25) is 0 Å². The molecule has 2 rings (SSSR count). The molecule has 1 unspecified atom stereocenters. The summed E-state index contributed by atoms with van der Waals surface area (Å²) in [5.74, 6) is 0.238. The molecule has 0 aromatic heterocycles. The predicted octanol–water partition coefficient (Wildman–Crippen LogP) is 1.38. The van der Waals surface area contributed by atoms with Crippen molar-refractivity contribution >= 4 is 6.29 Å². The Balaban J connectivity index is 2.53. The minimum Gasteiger partial charge on any atom is -0.508 e. The third kappa shape index (κ3) is 1.13. The fourth-order valence-corrected chi connectivity index (χ4v) is 2.04. The summed E-state index contributed by atoms with van der Waals surface area (Å²) in [5, 5.41) is 9.28. The molecule has 3 heteroatoms. The smallest absolute Gasteiger partial charge is 0.156 e. The van der Waals surface area contributed by atoms with E-state index < -0.39 is 5.60 Å². The van der Waals surface area contributed by atoms with Crippen LogP contribution in [0.3, 0.4) is 0 Å². The van der Waals surface area contributed by atoms with Crippen LogP contribution in [0.25, 0.3) is 0 Å². The molecular weight excluding hydrogens is 180 g/mol. The van der Waals surface area contributed by atoms with Crippen molar-refractivity contribution in [1.29, 1.82) is 0 Å². The molecule has 1 atom stereocenters. The number of methoxy groups -OCH3 is 1. The largest absolute Gasteiger partial charge is 0.508 e. The summed E-state index contributed by atoms with van der Waals surface area (Å²) in [6.45, 7) is 0. The SMILES string of the molecule is COC1(C=O)CCc2cc(O)ccc21. The highest BCUT2D eigenvalue weighted by Gasteiger charge is 2.38. The molecule has 0 saturated heterocycles. The minimum absolute atomic E-state index is 0.238. The van der Waals surface area contributed by atoms with E-state index in [2.05, 4.69) is 0 Å². The second kappa shape index (κ2) is 3.10. The second-order valence-electron chi connectivity index (χ2n) is 3.55. The molecule has 14 heavy (non-hydrogen) atoms. The summed E-state index contributed by atoms with van der Waals surface area (Å²) in [5.41, 5.74) is 1.09. The molecule has 1 aromatic carbocycles. The van der Waals surface area contributed by atoms with E-state index >= 15 is 0 Å². The van der Waals surface area contributed by atoms with Crippen LogP contribution in [0.1, 0.15) is 17.5 Å². The van der Waals surface area contributed by atoms with E-state index in [-0.39, 0.29) is 5.75 Å². The van der Waals surface area contributed by atoms with Gasteiger partial charge < -0.3 is 9.84 Å². The average Bonchev–Trinajstić information content (AvgIpc) is 2.56. The fourth-order valence-electron chi connectivity index (χ4n) is 2.04. The first-order valence-corrected chi connectivity index (χ1v) is 4.56. The lowest BCUT2D eigenvalue weighted by Crippen LogP contribution is -2.26. The van der Waals surface area contributed by atoms with Gasteiger partial charge in [-0.25, -0.2) is 0 Å². The number of fused-ring (bicyclic) bond motifs is 1. The molecule has 0 radical (unpaired) electrons. The van der Waals surface area contributed by atoms with E-state index in [1.807, 2.05) is 0 Å². The molecule has 1 aliphatic rings. The zero-order chi connectivity index (χ0) is 10.2. The van der Waals surface area contributed by atoms with Gasteiger partial charge in [0, 0.05) is 7.11 Å². The van der Waals surface area contributed by atoms with E-state index in [9.17, 15) is 9.90 Å². The highest BCUT2D eigenvalue weighted by atomic mass is 16.5. The molecule has 0 heterocycles. The molecule has 0 saturated carbocycles. The zero-order valence-electron chi connectivity index (χ0n) is 7.99. The van der Waals surface area contributed by atoms with Crippen LogP contribution in [0.5, 0.6) is 5.75 Å². The van der Waals surface area contributed by atoms with E-state index in [0.29, 0.717) is 6.42 Å². The highest BCUT2D eigenvalue weighted by Crippen LogP contribution is 2.39. The lowest BCUT2D eigenvalue weighted by Gasteiger charge is -2.21. The van der Waals surface area contributed by atoms with E-state index in [0.717, 1.165) is 23.8 Å². The van der Waals surface area contributed by atoms with Crippen LogP contribution >= 0.6 is 0 Å². The topological polar surface area (TPSA) is 46.5 Å². The van der Waals surface area contributed by atoms with Gasteiger partial charge >= 0.3 is 0 Å². The molecule has 74 valence electrons. The predicted molar refractivity (Wildman–Crippen MR) is 51.2 cm³/mol. The summed E-state index contributed by atoms with van der Waals surface area (Å²) >= 11 is 0. The number of phenolic OH excluding ortho intramolecular Hbond substituents is 1. The number of hydrogen-bond acceptors (Lipinski definition) is 3. The van der Waals surface area contributed by atoms with Crippen LogP contribution in [0, 0.1) is 0 Å². The number of rotatable bonds is 2. The summed E-state index contributed by atoms with van der Waals surface area (Å²) in [7, 11) is 1.54. The first-order valence-electron chi connectivity index (χ1n) is 4.56. The molecule has 0 amide bonds. The van der Waals surface area contributed by atoms with Crippen molar-refractivity contribution in [2.45, 2.75) is 18.4 Å². The monoisotopic (exact) mass is 192 g/mol. The number of hydrogen-bond donors (Lipinski definition) is 1. The molecule has 0 bridgehead atoms. The number of carbonyl (C=O) groups is 1. The molecule has 0 spiro atoms. The first-order chi connectivity index (χ1) is 6.72. The van der Waals surface area contributed by atoms with E-state index in [4.69, 9.17) is 4.74 Å². The standard InChI is InChI=1S/C11H12O3/c1-14-11(7-12)5-4-8-6-9(13)2-3-10(8)11/h2-3,6-7,13H,4-5H2,1H3. The number of phenols is 1. The van der Waals surface area contributed by atoms with Crippen molar-refractivity contribution in [2.24, 2.45) is 0 Å². The Kier molecular flexibility index (Phi) is 2.04. The third-order valence-electron chi connectivity index (χ3n) is 2.87. The van der Waals surface area contributed by atoms with Gasteiger partial charge in [0.15, 0.2) is 6.29 Å². The van der Waals surface area contributed by atoms with Crippen molar-refractivity contribution in [1.82, 2.24) is 0 Å². The third-order valence-corrected chi connectivity index (χ3v) is 2.87.